The number of ketones is 1. The lowest BCUT2D eigenvalue weighted by molar-refractivity contribution is 0.101. The molecule has 1 aromatic rings. The van der Waals surface area contributed by atoms with Crippen LogP contribution in [0.25, 0.3) is 0 Å². The Balaban J connectivity index is 3.14. The van der Waals surface area contributed by atoms with Crippen LogP contribution in [0.15, 0.2) is 18.2 Å². The summed E-state index contributed by atoms with van der Waals surface area (Å²) >= 11 is 0. The minimum absolute atomic E-state index is 0.136. The van der Waals surface area contributed by atoms with Gasteiger partial charge in [0.25, 0.3) is 6.43 Å². The summed E-state index contributed by atoms with van der Waals surface area (Å²) in [5, 5.41) is 0. The molecule has 0 saturated carbocycles. The average molecular weight is 214 g/mol. The van der Waals surface area contributed by atoms with E-state index in [-0.39, 0.29) is 17.1 Å². The van der Waals surface area contributed by atoms with E-state index < -0.39 is 6.43 Å². The summed E-state index contributed by atoms with van der Waals surface area (Å²) < 4.78 is 29.9. The second-order valence-corrected chi connectivity index (χ2v) is 3.05. The Morgan fingerprint density at radius 1 is 1.47 bits per heavy atom. The van der Waals surface area contributed by atoms with E-state index in [1.165, 1.54) is 25.1 Å². The van der Waals surface area contributed by atoms with Crippen molar-refractivity contribution in [1.29, 1.82) is 0 Å². The molecule has 2 nitrogen and oxygen atoms in total. The lowest BCUT2D eigenvalue weighted by atomic mass is 10.1. The molecule has 0 heterocycles. The van der Waals surface area contributed by atoms with Crippen molar-refractivity contribution in [2.24, 2.45) is 0 Å². The summed E-state index contributed by atoms with van der Waals surface area (Å²) in [7, 11) is 0. The topological polar surface area (TPSA) is 26.3 Å². The van der Waals surface area contributed by atoms with Crippen LogP contribution in [0.3, 0.4) is 0 Å². The fourth-order valence-electron chi connectivity index (χ4n) is 1.24. The molecular weight excluding hydrogens is 202 g/mol. The van der Waals surface area contributed by atoms with E-state index in [2.05, 4.69) is 0 Å². The van der Waals surface area contributed by atoms with Crippen molar-refractivity contribution in [2.45, 2.75) is 20.3 Å². The summed E-state index contributed by atoms with van der Waals surface area (Å²) in [6, 6.07) is 3.82. The van der Waals surface area contributed by atoms with Crippen molar-refractivity contribution in [3.05, 3.63) is 29.3 Å². The first-order valence-corrected chi connectivity index (χ1v) is 4.62. The largest absolute Gasteiger partial charge is 0.493 e. The summed E-state index contributed by atoms with van der Waals surface area (Å²) in [4.78, 5) is 11.2. The van der Waals surface area contributed by atoms with Gasteiger partial charge in [0.2, 0.25) is 0 Å². The molecule has 0 N–H and O–H groups in total. The van der Waals surface area contributed by atoms with Crippen LogP contribution >= 0.6 is 0 Å². The van der Waals surface area contributed by atoms with Crippen LogP contribution in [0.2, 0.25) is 0 Å². The van der Waals surface area contributed by atoms with Gasteiger partial charge in [0.1, 0.15) is 5.75 Å². The van der Waals surface area contributed by atoms with Crippen LogP contribution in [0.5, 0.6) is 5.75 Å². The van der Waals surface area contributed by atoms with Gasteiger partial charge in [-0.1, -0.05) is 6.07 Å². The molecule has 0 aliphatic rings. The number of rotatable bonds is 4. The van der Waals surface area contributed by atoms with E-state index >= 15 is 0 Å². The molecular formula is C11H12F2O2. The normalized spacial score (nSPS) is 10.5. The lowest BCUT2D eigenvalue weighted by Crippen LogP contribution is -2.01. The highest BCUT2D eigenvalue weighted by Crippen LogP contribution is 2.27. The quantitative estimate of drug-likeness (QED) is 0.719. The fraction of sp³-hybridized carbons (Fsp3) is 0.364. The summed E-state index contributed by atoms with van der Waals surface area (Å²) in [5.41, 5.74) is 0.199. The van der Waals surface area contributed by atoms with Gasteiger partial charge in [-0.15, -0.1) is 0 Å². The van der Waals surface area contributed by atoms with E-state index in [0.29, 0.717) is 12.2 Å². The molecule has 0 saturated heterocycles. The summed E-state index contributed by atoms with van der Waals surface area (Å²) in [5.74, 6) is 0.0297. The molecule has 0 unspecified atom stereocenters. The molecule has 0 bridgehead atoms. The first-order valence-electron chi connectivity index (χ1n) is 4.62. The summed E-state index contributed by atoms with van der Waals surface area (Å²) in [6.45, 7) is 3.45. The Kier molecular flexibility index (Phi) is 3.77. The third kappa shape index (κ3) is 2.75. The van der Waals surface area contributed by atoms with Gasteiger partial charge < -0.3 is 4.74 Å². The van der Waals surface area contributed by atoms with Crippen LogP contribution in [-0.2, 0) is 0 Å². The number of alkyl halides is 2. The molecule has 0 aromatic heterocycles. The number of hydrogen-bond donors (Lipinski definition) is 0. The van der Waals surface area contributed by atoms with Crippen LogP contribution in [-0.4, -0.2) is 12.4 Å². The first kappa shape index (κ1) is 11.6. The van der Waals surface area contributed by atoms with Crippen LogP contribution in [0.4, 0.5) is 8.78 Å². The Hall–Kier alpha value is -1.45. The highest BCUT2D eigenvalue weighted by Gasteiger charge is 2.13. The van der Waals surface area contributed by atoms with Gasteiger partial charge in [0.05, 0.1) is 12.2 Å². The number of halogens is 2. The maximum Gasteiger partial charge on any atom is 0.263 e. The van der Waals surface area contributed by atoms with E-state index in [4.69, 9.17) is 4.74 Å². The Morgan fingerprint density at radius 3 is 2.60 bits per heavy atom. The van der Waals surface area contributed by atoms with Crippen molar-refractivity contribution in [2.75, 3.05) is 6.61 Å². The molecule has 0 aliphatic heterocycles. The molecule has 1 aromatic carbocycles. The van der Waals surface area contributed by atoms with Crippen molar-refractivity contribution in [3.8, 4) is 5.75 Å². The average Bonchev–Trinajstić information content (AvgIpc) is 2.17. The van der Waals surface area contributed by atoms with E-state index in [1.807, 2.05) is 0 Å². The number of benzene rings is 1. The standard InChI is InChI=1S/C11H12F2O2/c1-3-15-10-6-8(11(12)13)4-5-9(10)7(2)14/h4-6,11H,3H2,1-2H3. The van der Waals surface area contributed by atoms with Crippen LogP contribution in [0.1, 0.15) is 36.2 Å². The molecule has 82 valence electrons. The number of carbonyl (C=O) groups excluding carboxylic acids is 1. The van der Waals surface area contributed by atoms with Gasteiger partial charge >= 0.3 is 0 Å². The van der Waals surface area contributed by atoms with E-state index in [0.717, 1.165) is 0 Å². The summed E-state index contributed by atoms with van der Waals surface area (Å²) in [6.07, 6.45) is -2.55. The molecule has 0 radical (unpaired) electrons. The Morgan fingerprint density at radius 2 is 2.13 bits per heavy atom. The zero-order valence-electron chi connectivity index (χ0n) is 8.59. The zero-order valence-corrected chi connectivity index (χ0v) is 8.59. The number of carbonyl (C=O) groups is 1. The first-order chi connectivity index (χ1) is 7.06. The Labute approximate surface area is 86.9 Å². The SMILES string of the molecule is CCOc1cc(C(F)F)ccc1C(C)=O. The number of hydrogen-bond acceptors (Lipinski definition) is 2. The van der Waals surface area contributed by atoms with Gasteiger partial charge in [-0.05, 0) is 26.0 Å². The van der Waals surface area contributed by atoms with Gasteiger partial charge in [-0.2, -0.15) is 0 Å². The molecule has 4 heteroatoms. The molecule has 0 spiro atoms. The minimum atomic E-state index is -2.55. The van der Waals surface area contributed by atoms with Crippen molar-refractivity contribution >= 4 is 5.78 Å². The van der Waals surface area contributed by atoms with Crippen molar-refractivity contribution in [3.63, 3.8) is 0 Å². The fourth-order valence-corrected chi connectivity index (χ4v) is 1.24. The van der Waals surface area contributed by atoms with Crippen molar-refractivity contribution in [1.82, 2.24) is 0 Å². The predicted octanol–water partition coefficient (Wildman–Crippen LogP) is 3.23. The van der Waals surface area contributed by atoms with Crippen LogP contribution in [0, 0.1) is 0 Å². The van der Waals surface area contributed by atoms with Gasteiger partial charge in [0.15, 0.2) is 5.78 Å². The molecule has 15 heavy (non-hydrogen) atoms. The van der Waals surface area contributed by atoms with E-state index in [9.17, 15) is 13.6 Å². The van der Waals surface area contributed by atoms with Crippen molar-refractivity contribution < 1.29 is 18.3 Å². The monoisotopic (exact) mass is 214 g/mol. The van der Waals surface area contributed by atoms with Gasteiger partial charge in [-0.3, -0.25) is 4.79 Å². The second kappa shape index (κ2) is 4.87. The lowest BCUT2D eigenvalue weighted by Gasteiger charge is -2.09. The third-order valence-corrected chi connectivity index (χ3v) is 1.94. The smallest absolute Gasteiger partial charge is 0.263 e. The minimum Gasteiger partial charge on any atom is -0.493 e. The highest BCUT2D eigenvalue weighted by molar-refractivity contribution is 5.96. The zero-order chi connectivity index (χ0) is 11.4. The molecule has 0 amide bonds. The molecule has 1 rings (SSSR count). The van der Waals surface area contributed by atoms with Gasteiger partial charge in [0, 0.05) is 5.56 Å². The number of Topliss-reactive ketones (excluding diaryl/α,β-unsaturated/α-hetero) is 1. The van der Waals surface area contributed by atoms with Crippen LogP contribution < -0.4 is 4.74 Å². The predicted molar refractivity (Wildman–Crippen MR) is 52.6 cm³/mol. The highest BCUT2D eigenvalue weighted by atomic mass is 19.3. The maximum atomic E-state index is 12.4. The number of ether oxygens (including phenoxy) is 1. The van der Waals surface area contributed by atoms with Gasteiger partial charge in [-0.25, -0.2) is 8.78 Å². The Bertz CT molecular complexity index is 362. The second-order valence-electron chi connectivity index (χ2n) is 3.05. The third-order valence-electron chi connectivity index (χ3n) is 1.94. The van der Waals surface area contributed by atoms with E-state index in [1.54, 1.807) is 6.92 Å². The molecule has 0 fully saturated rings. The molecule has 0 aliphatic carbocycles. The molecule has 0 atom stereocenters. The maximum absolute atomic E-state index is 12.4.